The number of aromatic nitrogens is 3. The molecule has 0 bridgehead atoms. The van der Waals surface area contributed by atoms with E-state index in [9.17, 15) is 8.42 Å². The molecule has 0 saturated carbocycles. The zero-order chi connectivity index (χ0) is 15.6. The number of hydrogen-bond donors (Lipinski definition) is 3. The van der Waals surface area contributed by atoms with E-state index in [0.29, 0.717) is 17.8 Å². The number of rotatable bonds is 4. The smallest absolute Gasteiger partial charge is 0.472 e. The molecular formula is C9H19N7O5S. The van der Waals surface area contributed by atoms with Crippen molar-refractivity contribution in [3.63, 3.8) is 0 Å². The predicted octanol–water partition coefficient (Wildman–Crippen LogP) is -2.87. The highest BCUT2D eigenvalue weighted by atomic mass is 32.3. The summed E-state index contributed by atoms with van der Waals surface area (Å²) in [5, 5.41) is 0. The van der Waals surface area contributed by atoms with Crippen molar-refractivity contribution in [2.45, 2.75) is 6.92 Å². The summed E-state index contributed by atoms with van der Waals surface area (Å²) in [7, 11) is -4.77. The number of anilines is 3. The van der Waals surface area contributed by atoms with Crippen LogP contribution < -0.4 is 25.4 Å². The van der Waals surface area contributed by atoms with Crippen LogP contribution in [0.4, 0.5) is 17.8 Å². The Morgan fingerprint density at radius 3 is 2.14 bits per heavy atom. The van der Waals surface area contributed by atoms with Gasteiger partial charge in [0.05, 0.1) is 0 Å². The summed E-state index contributed by atoms with van der Waals surface area (Å²) < 4.78 is 34.7. The van der Waals surface area contributed by atoms with Crippen LogP contribution in [0.15, 0.2) is 0 Å². The molecular weight excluding hydrogens is 318 g/mol. The first-order valence-corrected chi connectivity index (χ1v) is 7.66. The number of piperazine rings is 1. The highest BCUT2D eigenvalue weighted by molar-refractivity contribution is 7.80. The molecule has 1 aliphatic rings. The first-order chi connectivity index (χ1) is 9.80. The predicted molar refractivity (Wildman–Crippen MR) is 75.4 cm³/mol. The molecule has 1 aromatic heterocycles. The summed E-state index contributed by atoms with van der Waals surface area (Å²) in [6.45, 7) is 6.17. The second-order valence-corrected chi connectivity index (χ2v) is 5.46. The van der Waals surface area contributed by atoms with Crippen molar-refractivity contribution >= 4 is 28.2 Å². The van der Waals surface area contributed by atoms with Crippen molar-refractivity contribution < 1.29 is 27.5 Å². The Morgan fingerprint density at radius 2 is 1.73 bits per heavy atom. The van der Waals surface area contributed by atoms with Gasteiger partial charge in [-0.05, 0) is 11.3 Å². The van der Waals surface area contributed by atoms with Gasteiger partial charge < -0.3 is 26.7 Å². The van der Waals surface area contributed by atoms with E-state index in [1.54, 1.807) is 0 Å². The van der Waals surface area contributed by atoms with Crippen LogP contribution in [0.5, 0.6) is 0 Å². The number of nitrogen functional groups attached to an aromatic ring is 2. The molecule has 2 rings (SSSR count). The third-order valence-corrected chi connectivity index (χ3v) is 3.45. The first-order valence-electron chi connectivity index (χ1n) is 6.30. The molecule has 1 aromatic rings. The summed E-state index contributed by atoms with van der Waals surface area (Å²) in [6, 6.07) is 0. The highest BCUT2D eigenvalue weighted by Crippen LogP contribution is 2.12. The van der Waals surface area contributed by atoms with Crippen LogP contribution in [0.2, 0.25) is 0 Å². The molecule has 6 N–H and O–H groups in total. The lowest BCUT2D eigenvalue weighted by atomic mass is 10.3. The largest absolute Gasteiger partial charge is 0.870 e. The minimum Gasteiger partial charge on any atom is -0.870 e. The van der Waals surface area contributed by atoms with Gasteiger partial charge in [-0.25, -0.2) is 4.28 Å². The van der Waals surface area contributed by atoms with Gasteiger partial charge >= 0.3 is 28.2 Å². The van der Waals surface area contributed by atoms with Crippen molar-refractivity contribution in [1.29, 1.82) is 0 Å². The minimum atomic E-state index is -4.77. The summed E-state index contributed by atoms with van der Waals surface area (Å²) in [6.07, 6.45) is 0. The van der Waals surface area contributed by atoms with Gasteiger partial charge in [0.15, 0.2) is 0 Å². The van der Waals surface area contributed by atoms with Gasteiger partial charge in [0, 0.05) is 26.2 Å². The molecule has 0 amide bonds. The van der Waals surface area contributed by atoms with Crippen molar-refractivity contribution in [2.75, 3.05) is 49.1 Å². The normalized spacial score (nSPS) is 16.2. The van der Waals surface area contributed by atoms with E-state index in [4.69, 9.17) is 16.0 Å². The van der Waals surface area contributed by atoms with Crippen LogP contribution in [0.1, 0.15) is 6.92 Å². The Balaban J connectivity index is 0.00000242. The number of hydrogen-bond acceptors (Lipinski definition) is 10. The van der Waals surface area contributed by atoms with Crippen LogP contribution in [-0.2, 0) is 10.4 Å². The Kier molecular flexibility index (Phi) is 5.65. The third-order valence-electron chi connectivity index (χ3n) is 3.12. The zero-order valence-electron chi connectivity index (χ0n) is 12.0. The summed E-state index contributed by atoms with van der Waals surface area (Å²) in [5.41, 5.74) is 11.2. The molecule has 1 saturated heterocycles. The Bertz CT molecular complexity index is 594. The molecule has 1 aliphatic heterocycles. The number of nitrogens with zero attached hydrogens (tertiary/aromatic N) is 5. The van der Waals surface area contributed by atoms with Gasteiger partial charge in [-0.2, -0.15) is 8.42 Å². The fourth-order valence-corrected chi connectivity index (χ4v) is 2.36. The van der Waals surface area contributed by atoms with Crippen molar-refractivity contribution in [1.82, 2.24) is 14.9 Å². The van der Waals surface area contributed by atoms with Crippen molar-refractivity contribution in [3.8, 4) is 0 Å². The SMILES string of the molecule is CCN1CCN(c2nc(N)[n+](OS(=O)(=O)O)c(N)n2)CC1.[OH-]. The maximum atomic E-state index is 10.7. The van der Waals surface area contributed by atoms with Gasteiger partial charge in [0.2, 0.25) is 0 Å². The van der Waals surface area contributed by atoms with Crippen LogP contribution >= 0.6 is 0 Å². The zero-order valence-corrected chi connectivity index (χ0v) is 12.8. The molecule has 0 radical (unpaired) electrons. The molecule has 0 unspecified atom stereocenters. The van der Waals surface area contributed by atoms with E-state index in [0.717, 1.165) is 19.6 Å². The lowest BCUT2D eigenvalue weighted by molar-refractivity contribution is -0.836. The van der Waals surface area contributed by atoms with Gasteiger partial charge in [-0.15, -0.1) is 0 Å². The van der Waals surface area contributed by atoms with E-state index in [1.807, 2.05) is 4.90 Å². The van der Waals surface area contributed by atoms with E-state index in [-0.39, 0.29) is 23.3 Å². The molecule has 0 aliphatic carbocycles. The maximum Gasteiger partial charge on any atom is 0.472 e. The Morgan fingerprint density at radius 1 is 1.23 bits per heavy atom. The standard InChI is InChI=1S/C9H17N7O4S.H2O/c1-2-14-3-5-15(6-4-14)9-12-7(10)16(8(11)13-9)20-21(17,18)19;/h2-6H2,1H3,(H4,10,11,12,13,17,18,19);1H2. The fourth-order valence-electron chi connectivity index (χ4n) is 2.01. The molecule has 0 atom stereocenters. The molecule has 0 aromatic carbocycles. The van der Waals surface area contributed by atoms with Crippen molar-refractivity contribution in [2.24, 2.45) is 0 Å². The van der Waals surface area contributed by atoms with Crippen LogP contribution in [0.25, 0.3) is 0 Å². The Hall–Kier alpha value is -1.96. The van der Waals surface area contributed by atoms with E-state index < -0.39 is 10.4 Å². The topological polar surface area (TPSA) is 182 Å². The number of nitrogens with two attached hydrogens (primary N) is 2. The molecule has 22 heavy (non-hydrogen) atoms. The summed E-state index contributed by atoms with van der Waals surface area (Å²) in [5.74, 6) is -0.364. The summed E-state index contributed by atoms with van der Waals surface area (Å²) >= 11 is 0. The average Bonchev–Trinajstić information content (AvgIpc) is 2.42. The summed E-state index contributed by atoms with van der Waals surface area (Å²) in [4.78, 5) is 12.1. The van der Waals surface area contributed by atoms with E-state index >= 15 is 0 Å². The Labute approximate surface area is 127 Å². The van der Waals surface area contributed by atoms with Crippen LogP contribution in [0, 0.1) is 0 Å². The third kappa shape index (κ3) is 4.27. The molecule has 2 heterocycles. The maximum absolute atomic E-state index is 10.7. The number of likely N-dealkylation sites (N-methyl/N-ethyl adjacent to an activating group) is 1. The molecule has 0 spiro atoms. The molecule has 126 valence electrons. The quantitative estimate of drug-likeness (QED) is 0.379. The van der Waals surface area contributed by atoms with E-state index in [2.05, 4.69) is 26.1 Å². The lowest BCUT2D eigenvalue weighted by Crippen LogP contribution is -2.52. The van der Waals surface area contributed by atoms with Crippen molar-refractivity contribution in [3.05, 3.63) is 0 Å². The fraction of sp³-hybridized carbons (Fsp3) is 0.667. The van der Waals surface area contributed by atoms with E-state index in [1.165, 1.54) is 0 Å². The second kappa shape index (κ2) is 6.87. The first kappa shape index (κ1) is 18.1. The lowest BCUT2D eigenvalue weighted by Gasteiger charge is -2.32. The monoisotopic (exact) mass is 337 g/mol. The van der Waals surface area contributed by atoms with Gasteiger partial charge in [-0.3, -0.25) is 4.55 Å². The second-order valence-electron chi connectivity index (χ2n) is 4.46. The molecule has 13 heteroatoms. The van der Waals surface area contributed by atoms with Gasteiger partial charge in [-0.1, -0.05) is 16.9 Å². The van der Waals surface area contributed by atoms with Gasteiger partial charge in [0.1, 0.15) is 0 Å². The highest BCUT2D eigenvalue weighted by Gasteiger charge is 2.26. The van der Waals surface area contributed by atoms with Crippen LogP contribution in [0.3, 0.4) is 0 Å². The molecule has 1 fully saturated rings. The van der Waals surface area contributed by atoms with Gasteiger partial charge in [0.25, 0.3) is 0 Å². The molecule has 12 nitrogen and oxygen atoms in total. The minimum absolute atomic E-state index is 0. The average molecular weight is 337 g/mol. The van der Waals surface area contributed by atoms with Crippen LogP contribution in [-0.4, -0.2) is 66.0 Å².